The number of nitrogens with zero attached hydrogens (tertiary/aromatic N) is 3. The maximum absolute atomic E-state index is 13.6. The lowest BCUT2D eigenvalue weighted by Crippen LogP contribution is -2.22. The second-order valence-corrected chi connectivity index (χ2v) is 15.4. The third kappa shape index (κ3) is 4.84. The molecule has 1 N–H and O–H groups in total. The first-order chi connectivity index (χ1) is 15.2. The zero-order valence-corrected chi connectivity index (χ0v) is 20.4. The Bertz CT molecular complexity index is 1210. The molecule has 2 aromatic heterocycles. The summed E-state index contributed by atoms with van der Waals surface area (Å²) < 4.78 is 21.7. The molecule has 7 heteroatoms. The Morgan fingerprint density at radius 3 is 2.47 bits per heavy atom. The first kappa shape index (κ1) is 22.4. The van der Waals surface area contributed by atoms with Crippen molar-refractivity contribution in [3.8, 4) is 22.4 Å². The Hall–Kier alpha value is -2.77. The van der Waals surface area contributed by atoms with Crippen LogP contribution < -0.4 is 0 Å². The monoisotopic (exact) mass is 450 g/mol. The molecule has 0 aliphatic rings. The van der Waals surface area contributed by atoms with E-state index in [9.17, 15) is 4.39 Å². The van der Waals surface area contributed by atoms with Crippen molar-refractivity contribution >= 4 is 19.0 Å². The van der Waals surface area contributed by atoms with E-state index in [2.05, 4.69) is 55.8 Å². The van der Waals surface area contributed by atoms with Gasteiger partial charge < -0.3 is 4.74 Å². The number of benzene rings is 2. The summed E-state index contributed by atoms with van der Waals surface area (Å²) >= 11 is 0. The van der Waals surface area contributed by atoms with Crippen LogP contribution in [0.15, 0.2) is 48.7 Å². The lowest BCUT2D eigenvalue weighted by Gasteiger charge is -2.17. The van der Waals surface area contributed by atoms with Crippen LogP contribution in [0.25, 0.3) is 33.3 Å². The van der Waals surface area contributed by atoms with E-state index in [0.717, 1.165) is 51.6 Å². The van der Waals surface area contributed by atoms with Crippen molar-refractivity contribution < 1.29 is 9.13 Å². The number of H-pyrrole nitrogens is 1. The highest BCUT2D eigenvalue weighted by Gasteiger charge is 2.23. The van der Waals surface area contributed by atoms with Crippen molar-refractivity contribution in [1.82, 2.24) is 20.0 Å². The SMILES string of the molecule is CC(C)c1c(-c2ccc3[nH]ncc3c2)c(-c2ccc(F)cc2)nn1COCC[Si](C)(C)C. The van der Waals surface area contributed by atoms with Gasteiger partial charge in [-0.15, -0.1) is 0 Å². The number of ether oxygens (including phenoxy) is 1. The average molecular weight is 451 g/mol. The first-order valence-electron chi connectivity index (χ1n) is 11.1. The molecule has 168 valence electrons. The van der Waals surface area contributed by atoms with E-state index in [1.807, 2.05) is 16.9 Å². The molecule has 0 radical (unpaired) electrons. The molecule has 0 spiro atoms. The van der Waals surface area contributed by atoms with E-state index >= 15 is 0 Å². The summed E-state index contributed by atoms with van der Waals surface area (Å²) in [6.07, 6.45) is 1.83. The molecule has 32 heavy (non-hydrogen) atoms. The fourth-order valence-electron chi connectivity index (χ4n) is 3.88. The van der Waals surface area contributed by atoms with Crippen LogP contribution in [-0.2, 0) is 11.5 Å². The van der Waals surface area contributed by atoms with Crippen LogP contribution in [0.5, 0.6) is 0 Å². The highest BCUT2D eigenvalue weighted by molar-refractivity contribution is 6.76. The number of halogens is 1. The number of nitrogens with one attached hydrogen (secondary N) is 1. The summed E-state index contributed by atoms with van der Waals surface area (Å²) in [4.78, 5) is 0. The average Bonchev–Trinajstić information content (AvgIpc) is 3.35. The number of hydrogen-bond donors (Lipinski definition) is 1. The smallest absolute Gasteiger partial charge is 0.139 e. The number of rotatable bonds is 8. The van der Waals surface area contributed by atoms with E-state index in [-0.39, 0.29) is 11.7 Å². The largest absolute Gasteiger partial charge is 0.360 e. The van der Waals surface area contributed by atoms with Gasteiger partial charge in [0.1, 0.15) is 18.2 Å². The van der Waals surface area contributed by atoms with Gasteiger partial charge in [0.15, 0.2) is 0 Å². The molecular weight excluding hydrogens is 419 g/mol. The van der Waals surface area contributed by atoms with Crippen LogP contribution in [-0.4, -0.2) is 34.7 Å². The quantitative estimate of drug-likeness (QED) is 0.241. The molecule has 2 aromatic carbocycles. The molecule has 4 aromatic rings. The van der Waals surface area contributed by atoms with E-state index in [4.69, 9.17) is 9.84 Å². The maximum Gasteiger partial charge on any atom is 0.139 e. The second kappa shape index (κ2) is 9.00. The van der Waals surface area contributed by atoms with Gasteiger partial charge in [-0.3, -0.25) is 5.10 Å². The molecule has 0 fully saturated rings. The summed E-state index contributed by atoms with van der Waals surface area (Å²) in [5, 5.41) is 13.2. The van der Waals surface area contributed by atoms with Crippen LogP contribution in [0.1, 0.15) is 25.5 Å². The van der Waals surface area contributed by atoms with Gasteiger partial charge in [0.25, 0.3) is 0 Å². The minimum Gasteiger partial charge on any atom is -0.360 e. The van der Waals surface area contributed by atoms with Crippen LogP contribution in [0.2, 0.25) is 25.7 Å². The lowest BCUT2D eigenvalue weighted by molar-refractivity contribution is 0.0761. The Labute approximate surface area is 189 Å². The Morgan fingerprint density at radius 2 is 1.78 bits per heavy atom. The van der Waals surface area contributed by atoms with Gasteiger partial charge in [-0.1, -0.05) is 39.6 Å². The van der Waals surface area contributed by atoms with Crippen molar-refractivity contribution in [2.75, 3.05) is 6.61 Å². The fraction of sp³-hybridized carbons (Fsp3) is 0.360. The molecule has 0 aliphatic carbocycles. The van der Waals surface area contributed by atoms with Gasteiger partial charge >= 0.3 is 0 Å². The molecule has 0 unspecified atom stereocenters. The zero-order valence-electron chi connectivity index (χ0n) is 19.4. The Balaban J connectivity index is 1.80. The van der Waals surface area contributed by atoms with Crippen LogP contribution in [0.3, 0.4) is 0 Å². The Kier molecular flexibility index (Phi) is 6.30. The second-order valence-electron chi connectivity index (χ2n) is 9.79. The van der Waals surface area contributed by atoms with Gasteiger partial charge in [-0.2, -0.15) is 10.2 Å². The van der Waals surface area contributed by atoms with Crippen molar-refractivity contribution in [1.29, 1.82) is 0 Å². The molecule has 0 amide bonds. The topological polar surface area (TPSA) is 55.7 Å². The van der Waals surface area contributed by atoms with Crippen molar-refractivity contribution in [3.63, 3.8) is 0 Å². The third-order valence-electron chi connectivity index (χ3n) is 5.60. The highest BCUT2D eigenvalue weighted by atomic mass is 28.3. The summed E-state index contributed by atoms with van der Waals surface area (Å²) in [7, 11) is -1.17. The molecule has 5 nitrogen and oxygen atoms in total. The molecule has 0 atom stereocenters. The Morgan fingerprint density at radius 1 is 1.06 bits per heavy atom. The van der Waals surface area contributed by atoms with E-state index in [1.165, 1.54) is 12.1 Å². The van der Waals surface area contributed by atoms with Crippen LogP contribution in [0.4, 0.5) is 4.39 Å². The summed E-state index contributed by atoms with van der Waals surface area (Å²) in [5.41, 5.74) is 5.95. The zero-order chi connectivity index (χ0) is 22.9. The van der Waals surface area contributed by atoms with Gasteiger partial charge in [-0.25, -0.2) is 9.07 Å². The number of fused-ring (bicyclic) bond motifs is 1. The van der Waals surface area contributed by atoms with Crippen molar-refractivity contribution in [2.45, 2.75) is 52.2 Å². The van der Waals surface area contributed by atoms with Crippen LogP contribution >= 0.6 is 0 Å². The van der Waals surface area contributed by atoms with E-state index in [1.54, 1.807) is 12.1 Å². The lowest BCUT2D eigenvalue weighted by atomic mass is 9.94. The minimum atomic E-state index is -1.17. The van der Waals surface area contributed by atoms with Gasteiger partial charge in [-0.05, 0) is 53.9 Å². The predicted molar refractivity (Wildman–Crippen MR) is 131 cm³/mol. The van der Waals surface area contributed by atoms with Gasteiger partial charge in [0.05, 0.1) is 17.4 Å². The maximum atomic E-state index is 13.6. The van der Waals surface area contributed by atoms with E-state index in [0.29, 0.717) is 6.73 Å². The molecule has 4 rings (SSSR count). The molecule has 0 saturated carbocycles. The molecule has 0 saturated heterocycles. The molecule has 0 bridgehead atoms. The number of hydrogen-bond acceptors (Lipinski definition) is 3. The minimum absolute atomic E-state index is 0.229. The molecule has 0 aliphatic heterocycles. The molecule has 2 heterocycles. The summed E-state index contributed by atoms with van der Waals surface area (Å²) in [6, 6.07) is 13.9. The van der Waals surface area contributed by atoms with Crippen molar-refractivity contribution in [2.24, 2.45) is 0 Å². The first-order valence-corrected chi connectivity index (χ1v) is 14.8. The fourth-order valence-corrected chi connectivity index (χ4v) is 4.64. The third-order valence-corrected chi connectivity index (χ3v) is 7.30. The van der Waals surface area contributed by atoms with Gasteiger partial charge in [0.2, 0.25) is 0 Å². The number of aromatic nitrogens is 4. The summed E-state index contributed by atoms with van der Waals surface area (Å²) in [5.74, 6) is -0.0272. The predicted octanol–water partition coefficient (Wildman–Crippen LogP) is 6.67. The number of aromatic amines is 1. The molecular formula is C25H31FN4OSi. The highest BCUT2D eigenvalue weighted by Crippen LogP contribution is 2.39. The van der Waals surface area contributed by atoms with Gasteiger partial charge in [0, 0.05) is 31.2 Å². The summed E-state index contributed by atoms with van der Waals surface area (Å²) in [6.45, 7) is 12.5. The van der Waals surface area contributed by atoms with Crippen molar-refractivity contribution in [3.05, 3.63) is 60.2 Å². The van der Waals surface area contributed by atoms with Crippen LogP contribution in [0, 0.1) is 5.82 Å². The standard InChI is InChI=1S/C25H31FN4OSi/c1-17(2)25-23(19-8-11-22-20(14-19)15-27-28-22)24(18-6-9-21(26)10-7-18)29-30(25)16-31-12-13-32(3,4)5/h6-11,14-15,17H,12-13,16H2,1-5H3,(H,27,28). The normalized spacial score (nSPS) is 12.2. The van der Waals surface area contributed by atoms with E-state index < -0.39 is 8.07 Å².